The van der Waals surface area contributed by atoms with E-state index >= 15 is 0 Å². The quantitative estimate of drug-likeness (QED) is 0.130. The first-order valence-corrected chi connectivity index (χ1v) is 11.3. The molecule has 192 valence electrons. The van der Waals surface area contributed by atoms with E-state index in [9.17, 15) is 13.2 Å². The van der Waals surface area contributed by atoms with Gasteiger partial charge in [0.1, 0.15) is 17.2 Å². The Bertz CT molecular complexity index is 1280. The van der Waals surface area contributed by atoms with Crippen molar-refractivity contribution >= 4 is 22.8 Å². The topological polar surface area (TPSA) is 93.6 Å². The zero-order valence-corrected chi connectivity index (χ0v) is 20.7. The van der Waals surface area contributed by atoms with Gasteiger partial charge in [0.05, 0.1) is 17.7 Å². The Kier molecular flexibility index (Phi) is 8.70. The summed E-state index contributed by atoms with van der Waals surface area (Å²) in [6.07, 6.45) is 5.52. The van der Waals surface area contributed by atoms with Gasteiger partial charge in [-0.3, -0.25) is 14.4 Å². The number of nitrogens with one attached hydrogen (secondary N) is 1. The maximum atomic E-state index is 13.9. The van der Waals surface area contributed by atoms with Crippen molar-refractivity contribution in [2.45, 2.75) is 26.2 Å². The number of allylic oxidation sites excluding steroid dienone is 2. The number of hydrazine groups is 1. The highest BCUT2D eigenvalue weighted by molar-refractivity contribution is 5.97. The molecule has 0 radical (unpaired) electrons. The number of hydrogen-bond donors (Lipinski definition) is 2. The molecular formula is C25H30F3N7O. The first kappa shape index (κ1) is 26.7. The number of nitrogens with zero attached hydrogens (tertiary/aromatic N) is 5. The van der Waals surface area contributed by atoms with Gasteiger partial charge in [0, 0.05) is 57.2 Å². The summed E-state index contributed by atoms with van der Waals surface area (Å²) in [6.45, 7) is 2.68. The highest BCUT2D eigenvalue weighted by atomic mass is 19.3. The molecule has 0 saturated heterocycles. The number of nitrogens with two attached hydrogens (primary N) is 1. The first-order chi connectivity index (χ1) is 17.2. The molecule has 0 unspecified atom stereocenters. The maximum absolute atomic E-state index is 13.9. The molecule has 0 amide bonds. The Morgan fingerprint density at radius 3 is 2.72 bits per heavy atom. The molecule has 0 saturated carbocycles. The number of alkyl halides is 3. The summed E-state index contributed by atoms with van der Waals surface area (Å²) in [7, 11) is 3.44. The van der Waals surface area contributed by atoms with E-state index in [-0.39, 0.29) is 11.4 Å². The molecule has 0 spiro atoms. The van der Waals surface area contributed by atoms with Crippen molar-refractivity contribution < 1.29 is 17.9 Å². The van der Waals surface area contributed by atoms with Crippen molar-refractivity contribution in [3.8, 4) is 11.5 Å². The van der Waals surface area contributed by atoms with Gasteiger partial charge in [-0.15, -0.1) is 0 Å². The third-order valence-electron chi connectivity index (χ3n) is 5.36. The number of aliphatic imine (C=N–C) groups is 1. The number of anilines is 1. The van der Waals surface area contributed by atoms with E-state index in [1.54, 1.807) is 12.1 Å². The maximum Gasteiger partial charge on any atom is 0.273 e. The number of aromatic nitrogens is 3. The summed E-state index contributed by atoms with van der Waals surface area (Å²) in [6, 6.07) is 8.80. The lowest BCUT2D eigenvalue weighted by molar-refractivity contribution is 0.0256. The van der Waals surface area contributed by atoms with Gasteiger partial charge in [0.2, 0.25) is 5.95 Å². The van der Waals surface area contributed by atoms with Crippen LogP contribution in [-0.4, -0.2) is 51.6 Å². The van der Waals surface area contributed by atoms with E-state index in [0.717, 1.165) is 28.2 Å². The van der Waals surface area contributed by atoms with Crippen molar-refractivity contribution in [2.75, 3.05) is 25.6 Å². The van der Waals surface area contributed by atoms with Gasteiger partial charge in [-0.05, 0) is 32.0 Å². The average molecular weight is 502 g/mol. The Morgan fingerprint density at radius 2 is 2.03 bits per heavy atom. The minimum absolute atomic E-state index is 0.132. The molecule has 0 aliphatic carbocycles. The van der Waals surface area contributed by atoms with Gasteiger partial charge < -0.3 is 14.6 Å². The number of halogens is 3. The van der Waals surface area contributed by atoms with Crippen molar-refractivity contribution in [1.29, 1.82) is 0 Å². The minimum atomic E-state index is -3.30. The molecule has 0 bridgehead atoms. The van der Waals surface area contributed by atoms with Crippen LogP contribution in [0.25, 0.3) is 11.0 Å². The normalized spacial score (nSPS) is 13.0. The van der Waals surface area contributed by atoms with Crippen LogP contribution in [0, 0.1) is 0 Å². The predicted octanol–water partition coefficient (Wildman–Crippen LogP) is 5.20. The lowest BCUT2D eigenvalue weighted by Crippen LogP contribution is -2.34. The summed E-state index contributed by atoms with van der Waals surface area (Å²) in [5.74, 6) is 4.43. The summed E-state index contributed by atoms with van der Waals surface area (Å²) in [5.41, 5.74) is 1.62. The summed E-state index contributed by atoms with van der Waals surface area (Å²) < 4.78 is 48.2. The summed E-state index contributed by atoms with van der Waals surface area (Å²) >= 11 is 0. The van der Waals surface area contributed by atoms with Gasteiger partial charge >= 0.3 is 0 Å². The molecule has 1 aromatic carbocycles. The number of imidazole rings is 1. The monoisotopic (exact) mass is 501 g/mol. The van der Waals surface area contributed by atoms with Gasteiger partial charge in [0.15, 0.2) is 5.84 Å². The van der Waals surface area contributed by atoms with Crippen LogP contribution in [0.2, 0.25) is 0 Å². The van der Waals surface area contributed by atoms with E-state index in [0.29, 0.717) is 23.7 Å². The fourth-order valence-corrected chi connectivity index (χ4v) is 3.31. The van der Waals surface area contributed by atoms with E-state index < -0.39 is 19.0 Å². The number of amidine groups is 1. The summed E-state index contributed by atoms with van der Waals surface area (Å²) in [4.78, 5) is 12.9. The van der Waals surface area contributed by atoms with Crippen molar-refractivity contribution in [2.24, 2.45) is 17.9 Å². The van der Waals surface area contributed by atoms with Crippen LogP contribution in [0.1, 0.15) is 26.0 Å². The van der Waals surface area contributed by atoms with E-state index in [4.69, 9.17) is 10.6 Å². The van der Waals surface area contributed by atoms with E-state index in [1.807, 2.05) is 48.9 Å². The second kappa shape index (κ2) is 11.7. The number of benzene rings is 1. The van der Waals surface area contributed by atoms with Crippen LogP contribution in [-0.2, 0) is 7.05 Å². The molecule has 0 aliphatic rings. The number of rotatable bonds is 10. The molecule has 0 fully saturated rings. The molecule has 0 aliphatic heterocycles. The van der Waals surface area contributed by atoms with E-state index in [2.05, 4.69) is 20.3 Å². The largest absolute Gasteiger partial charge is 0.457 e. The molecule has 11 heteroatoms. The van der Waals surface area contributed by atoms with Crippen LogP contribution in [0.15, 0.2) is 65.4 Å². The third-order valence-corrected chi connectivity index (χ3v) is 5.36. The van der Waals surface area contributed by atoms with Crippen LogP contribution in [0.3, 0.4) is 0 Å². The highest BCUT2D eigenvalue weighted by Crippen LogP contribution is 2.29. The molecule has 8 nitrogen and oxygen atoms in total. The lowest BCUT2D eigenvalue weighted by atomic mass is 10.1. The van der Waals surface area contributed by atoms with Crippen LogP contribution in [0.4, 0.5) is 19.1 Å². The van der Waals surface area contributed by atoms with Gasteiger partial charge in [0.25, 0.3) is 5.92 Å². The Hall–Kier alpha value is -3.86. The SMILES string of the molecule is C/C=C\CNc1nc2cc(Oc3ccnc(C(=N/C=C(\C)C(F)(F)CCF)N(C)N)c3)ccc2n1C. The Balaban J connectivity index is 1.85. The Labute approximate surface area is 208 Å². The number of ether oxygens (including phenoxy) is 1. The number of aryl methyl sites for hydroxylation is 1. The predicted molar refractivity (Wildman–Crippen MR) is 136 cm³/mol. The molecule has 3 N–H and O–H groups in total. The second-order valence-electron chi connectivity index (χ2n) is 8.09. The fraction of sp³-hybridized carbons (Fsp3) is 0.320. The molecule has 2 heterocycles. The molecule has 3 rings (SSSR count). The molecule has 3 aromatic rings. The van der Waals surface area contributed by atoms with Gasteiger partial charge in [-0.2, -0.15) is 0 Å². The van der Waals surface area contributed by atoms with Crippen molar-refractivity contribution in [1.82, 2.24) is 19.5 Å². The number of pyridine rings is 1. The molecule has 2 aromatic heterocycles. The van der Waals surface area contributed by atoms with Crippen molar-refractivity contribution in [3.05, 3.63) is 66.1 Å². The zero-order valence-electron chi connectivity index (χ0n) is 20.7. The molecular weight excluding hydrogens is 471 g/mol. The van der Waals surface area contributed by atoms with Crippen molar-refractivity contribution in [3.63, 3.8) is 0 Å². The molecule has 0 atom stereocenters. The molecule has 36 heavy (non-hydrogen) atoms. The first-order valence-electron chi connectivity index (χ1n) is 11.3. The number of hydrogen-bond acceptors (Lipinski definition) is 6. The summed E-state index contributed by atoms with van der Waals surface area (Å²) in [5, 5.41) is 4.41. The standard InChI is InChI=1S/C25H30F3N7O/c1-5-6-12-31-24-33-20-14-18(7-8-22(20)34(24)3)36-19-9-13-30-21(15-19)23(35(4)29)32-16-17(2)25(27,28)10-11-26/h5-9,13-16H,10-12,29H2,1-4H3,(H,31,33)/b6-5-,17-16+,32-23?. The van der Waals surface area contributed by atoms with E-state index in [1.165, 1.54) is 20.2 Å². The second-order valence-corrected chi connectivity index (χ2v) is 8.09. The number of fused-ring (bicyclic) bond motifs is 1. The minimum Gasteiger partial charge on any atom is -0.457 e. The lowest BCUT2D eigenvalue weighted by Gasteiger charge is -2.17. The third kappa shape index (κ3) is 6.42. The van der Waals surface area contributed by atoms with Gasteiger partial charge in [-0.25, -0.2) is 24.6 Å². The van der Waals surface area contributed by atoms with Crippen LogP contribution >= 0.6 is 0 Å². The fourth-order valence-electron chi connectivity index (χ4n) is 3.31. The smallest absolute Gasteiger partial charge is 0.273 e. The highest BCUT2D eigenvalue weighted by Gasteiger charge is 2.30. The zero-order chi connectivity index (χ0) is 26.3. The Morgan fingerprint density at radius 1 is 1.28 bits per heavy atom. The average Bonchev–Trinajstić information content (AvgIpc) is 3.14. The van der Waals surface area contributed by atoms with Gasteiger partial charge in [-0.1, -0.05) is 12.2 Å². The van der Waals surface area contributed by atoms with Crippen LogP contribution < -0.4 is 15.9 Å². The van der Waals surface area contributed by atoms with Crippen LogP contribution in [0.5, 0.6) is 11.5 Å².